The van der Waals surface area contributed by atoms with Crippen LogP contribution in [-0.2, 0) is 22.4 Å². The summed E-state index contributed by atoms with van der Waals surface area (Å²) in [6.07, 6.45) is 1.65. The number of hydrogen-bond acceptors (Lipinski definition) is 5. The molecule has 3 atom stereocenters. The van der Waals surface area contributed by atoms with E-state index in [1.54, 1.807) is 6.92 Å². The van der Waals surface area contributed by atoms with Crippen LogP contribution in [-0.4, -0.2) is 34.0 Å². The second kappa shape index (κ2) is 6.22. The van der Waals surface area contributed by atoms with Crippen LogP contribution >= 0.6 is 11.8 Å². The summed E-state index contributed by atoms with van der Waals surface area (Å²) in [5, 5.41) is 21.3. The summed E-state index contributed by atoms with van der Waals surface area (Å²) in [5.41, 5.74) is 2.20. The zero-order valence-corrected chi connectivity index (χ0v) is 14.7. The van der Waals surface area contributed by atoms with Crippen molar-refractivity contribution < 1.29 is 24.4 Å². The first-order valence-corrected chi connectivity index (χ1v) is 8.84. The molecule has 7 heteroatoms. The van der Waals surface area contributed by atoms with Crippen molar-refractivity contribution >= 4 is 23.6 Å². The van der Waals surface area contributed by atoms with Gasteiger partial charge in [-0.3, -0.25) is 4.79 Å². The molecule has 0 radical (unpaired) electrons. The number of pyridine rings is 1. The van der Waals surface area contributed by atoms with E-state index in [1.807, 2.05) is 36.9 Å². The first-order chi connectivity index (χ1) is 11.3. The van der Waals surface area contributed by atoms with Crippen molar-refractivity contribution in [1.29, 1.82) is 0 Å². The van der Waals surface area contributed by atoms with E-state index in [-0.39, 0.29) is 17.6 Å². The molecule has 1 saturated heterocycles. The summed E-state index contributed by atoms with van der Waals surface area (Å²) in [6, 6.07) is 3.70. The second-order valence-electron chi connectivity index (χ2n) is 6.32. The van der Waals surface area contributed by atoms with Crippen molar-refractivity contribution in [1.82, 2.24) is 4.90 Å². The molecule has 128 valence electrons. The molecule has 0 aliphatic carbocycles. The van der Waals surface area contributed by atoms with Crippen LogP contribution in [0, 0.1) is 12.8 Å². The number of fused-ring (bicyclic) bond motifs is 1. The summed E-state index contributed by atoms with van der Waals surface area (Å²) < 4.78 is 2.01. The number of rotatable bonds is 5. The van der Waals surface area contributed by atoms with E-state index in [4.69, 9.17) is 0 Å². The largest absolute Gasteiger partial charge is 0.543 e. The lowest BCUT2D eigenvalue weighted by molar-refractivity contribution is -0.678. The lowest BCUT2D eigenvalue weighted by Crippen LogP contribution is -2.62. The number of β-lactam (4-membered cyclic amide) rings is 1. The standard InChI is InChI=1S/C17H20N2O4S/c1-9-11(5-4-6-18(9)3)8-24-13-7-12-14(10(2)20)16(21)19(12)15(13)17(22)23/h4-6,10,12,14,20H,7-8H2,1-3H3/t10?,12?,14-/m1/s1. The van der Waals surface area contributed by atoms with Gasteiger partial charge in [-0.15, -0.1) is 11.8 Å². The second-order valence-corrected chi connectivity index (χ2v) is 7.39. The fourth-order valence-electron chi connectivity index (χ4n) is 3.41. The predicted octanol–water partition coefficient (Wildman–Crippen LogP) is -0.374. The van der Waals surface area contributed by atoms with Crippen molar-refractivity contribution in [3.8, 4) is 0 Å². The van der Waals surface area contributed by atoms with E-state index in [1.165, 1.54) is 16.7 Å². The summed E-state index contributed by atoms with van der Waals surface area (Å²) in [4.78, 5) is 25.6. The molecule has 2 aliphatic rings. The highest BCUT2D eigenvalue weighted by Crippen LogP contribution is 2.47. The fraction of sp³-hybridized carbons (Fsp3) is 0.471. The van der Waals surface area contributed by atoms with E-state index in [2.05, 4.69) is 0 Å². The molecule has 2 aliphatic heterocycles. The van der Waals surface area contributed by atoms with Crippen molar-refractivity contribution in [2.45, 2.75) is 38.2 Å². The van der Waals surface area contributed by atoms with Crippen LogP contribution in [0.4, 0.5) is 0 Å². The third kappa shape index (κ3) is 2.61. The average molecular weight is 348 g/mol. The van der Waals surface area contributed by atoms with Gasteiger partial charge in [0.2, 0.25) is 5.91 Å². The Kier molecular flexibility index (Phi) is 4.40. The molecule has 2 unspecified atom stereocenters. The van der Waals surface area contributed by atoms with E-state index >= 15 is 0 Å². The summed E-state index contributed by atoms with van der Waals surface area (Å²) in [5.74, 6) is -1.55. The Morgan fingerprint density at radius 3 is 2.92 bits per heavy atom. The maximum Gasteiger partial charge on any atom is 0.235 e. The molecule has 3 heterocycles. The molecule has 1 fully saturated rings. The quantitative estimate of drug-likeness (QED) is 0.580. The van der Waals surface area contributed by atoms with Crippen LogP contribution in [0.2, 0.25) is 0 Å². The maximum atomic E-state index is 12.1. The Balaban J connectivity index is 1.81. The van der Waals surface area contributed by atoms with Crippen molar-refractivity contribution in [3.63, 3.8) is 0 Å². The van der Waals surface area contributed by atoms with Crippen LogP contribution in [0.5, 0.6) is 0 Å². The van der Waals surface area contributed by atoms with Crippen LogP contribution in [0.15, 0.2) is 28.9 Å². The van der Waals surface area contributed by atoms with Crippen LogP contribution in [0.1, 0.15) is 24.6 Å². The van der Waals surface area contributed by atoms with Gasteiger partial charge in [0.15, 0.2) is 11.9 Å². The highest BCUT2D eigenvalue weighted by Gasteiger charge is 2.55. The Morgan fingerprint density at radius 1 is 1.58 bits per heavy atom. The SMILES string of the molecule is Cc1c(CSC2=C(C(=O)[O-])N3C(=O)[C@H](C(C)O)C3C2)ccc[n+]1C. The number of nitrogens with zero attached hydrogens (tertiary/aromatic N) is 2. The highest BCUT2D eigenvalue weighted by molar-refractivity contribution is 8.02. The molecule has 0 bridgehead atoms. The predicted molar refractivity (Wildman–Crippen MR) is 86.1 cm³/mol. The number of hydrogen-bond donors (Lipinski definition) is 1. The third-order valence-corrected chi connectivity index (χ3v) is 6.05. The molecule has 1 aromatic rings. The molecule has 1 aromatic heterocycles. The van der Waals surface area contributed by atoms with Crippen molar-refractivity contribution in [3.05, 3.63) is 40.2 Å². The van der Waals surface area contributed by atoms with Crippen LogP contribution in [0.3, 0.4) is 0 Å². The van der Waals surface area contributed by atoms with Crippen molar-refractivity contribution in [2.24, 2.45) is 13.0 Å². The summed E-state index contributed by atoms with van der Waals surface area (Å²) in [7, 11) is 1.96. The Hall–Kier alpha value is -1.86. The van der Waals surface area contributed by atoms with Gasteiger partial charge in [0.1, 0.15) is 7.05 Å². The number of carbonyl (C=O) groups excluding carboxylic acids is 2. The van der Waals surface area contributed by atoms with Crippen LogP contribution in [0.25, 0.3) is 0 Å². The van der Waals surface area contributed by atoms with Crippen molar-refractivity contribution in [2.75, 3.05) is 0 Å². The summed E-state index contributed by atoms with van der Waals surface area (Å²) in [6.45, 7) is 3.58. The molecular weight excluding hydrogens is 328 g/mol. The lowest BCUT2D eigenvalue weighted by Gasteiger charge is -2.45. The van der Waals surface area contributed by atoms with Gasteiger partial charge in [-0.1, -0.05) is 0 Å². The highest BCUT2D eigenvalue weighted by atomic mass is 32.2. The van der Waals surface area contributed by atoms with E-state index in [0.29, 0.717) is 17.1 Å². The van der Waals surface area contributed by atoms with Gasteiger partial charge in [0.25, 0.3) is 0 Å². The average Bonchev–Trinajstić information content (AvgIpc) is 2.83. The first kappa shape index (κ1) is 17.0. The monoisotopic (exact) mass is 348 g/mol. The van der Waals surface area contributed by atoms with Crippen LogP contribution < -0.4 is 9.67 Å². The number of thioether (sulfide) groups is 1. The lowest BCUT2D eigenvalue weighted by atomic mass is 9.83. The number of amides is 1. The normalized spacial score (nSPS) is 24.0. The minimum atomic E-state index is -1.33. The molecule has 1 amide bonds. The number of aliphatic carboxylic acids is 1. The van der Waals surface area contributed by atoms with Gasteiger partial charge < -0.3 is 19.9 Å². The number of carbonyl (C=O) groups is 2. The van der Waals surface area contributed by atoms with Gasteiger partial charge >= 0.3 is 0 Å². The van der Waals surface area contributed by atoms with Gasteiger partial charge in [-0.2, -0.15) is 0 Å². The van der Waals surface area contributed by atoms with Gasteiger partial charge in [0.05, 0.1) is 29.7 Å². The van der Waals surface area contributed by atoms with E-state index in [9.17, 15) is 19.8 Å². The van der Waals surface area contributed by atoms with Gasteiger partial charge in [-0.25, -0.2) is 4.57 Å². The summed E-state index contributed by atoms with van der Waals surface area (Å²) >= 11 is 1.43. The fourth-order valence-corrected chi connectivity index (χ4v) is 4.66. The Morgan fingerprint density at radius 2 is 2.29 bits per heavy atom. The van der Waals surface area contributed by atoms with Gasteiger partial charge in [0, 0.05) is 35.6 Å². The van der Waals surface area contributed by atoms with E-state index in [0.717, 1.165) is 11.3 Å². The molecule has 24 heavy (non-hydrogen) atoms. The number of carboxylic acid groups (broad SMARTS) is 1. The molecule has 0 aromatic carbocycles. The number of aryl methyl sites for hydroxylation is 1. The zero-order valence-electron chi connectivity index (χ0n) is 13.9. The Bertz CT molecular complexity index is 744. The molecule has 0 saturated carbocycles. The number of aliphatic hydroxyl groups is 1. The van der Waals surface area contributed by atoms with Gasteiger partial charge in [-0.05, 0) is 13.0 Å². The molecule has 3 rings (SSSR count). The molecule has 0 spiro atoms. The smallest absolute Gasteiger partial charge is 0.235 e. The zero-order chi connectivity index (χ0) is 17.6. The number of aliphatic hydroxyl groups excluding tert-OH is 1. The molecule has 1 N–H and O–H groups in total. The number of aromatic nitrogens is 1. The molecular formula is C17H20N2O4S. The number of carboxylic acids is 1. The third-order valence-electron chi connectivity index (χ3n) is 4.88. The minimum absolute atomic E-state index is 0.0233. The molecule has 6 nitrogen and oxygen atoms in total. The Labute approximate surface area is 144 Å². The maximum absolute atomic E-state index is 12.1. The van der Waals surface area contributed by atoms with E-state index < -0.39 is 18.0 Å². The first-order valence-electron chi connectivity index (χ1n) is 7.85. The minimum Gasteiger partial charge on any atom is -0.543 e. The topological polar surface area (TPSA) is 84.5 Å².